The number of benzene rings is 2. The normalized spacial score (nSPS) is 13.9. The minimum absolute atomic E-state index is 0.0338. The molecule has 1 amide bonds. The third-order valence-electron chi connectivity index (χ3n) is 5.07. The highest BCUT2D eigenvalue weighted by atomic mass is 19.1. The maximum Gasteiger partial charge on any atom is 0.341 e. The molecule has 0 atom stereocenters. The molecule has 4 rings (SSSR count). The summed E-state index contributed by atoms with van der Waals surface area (Å²) in [6.07, 6.45) is 3.26. The SMILES string of the molecule is COC(=O)c1cc(N2CCCC2=O)c2cc(Cc3ccc(F)cc3)cnc2c1O. The first-order valence-corrected chi connectivity index (χ1v) is 9.25. The van der Waals surface area contributed by atoms with Gasteiger partial charge in [0.25, 0.3) is 0 Å². The molecule has 0 radical (unpaired) electrons. The van der Waals surface area contributed by atoms with Gasteiger partial charge in [-0.25, -0.2) is 9.18 Å². The van der Waals surface area contributed by atoms with E-state index in [1.54, 1.807) is 23.2 Å². The quantitative estimate of drug-likeness (QED) is 0.684. The van der Waals surface area contributed by atoms with Gasteiger partial charge in [0.05, 0.1) is 12.8 Å². The Bertz CT molecular complexity index is 1110. The zero-order valence-electron chi connectivity index (χ0n) is 15.8. The Morgan fingerprint density at radius 1 is 1.24 bits per heavy atom. The number of halogens is 1. The van der Waals surface area contributed by atoms with Crippen LogP contribution in [0.15, 0.2) is 42.6 Å². The predicted octanol–water partition coefficient (Wildman–Crippen LogP) is 3.58. The Balaban J connectivity index is 1.86. The molecule has 0 aliphatic carbocycles. The number of rotatable bonds is 4. The van der Waals surface area contributed by atoms with Crippen molar-refractivity contribution in [2.75, 3.05) is 18.6 Å². The monoisotopic (exact) mass is 394 g/mol. The summed E-state index contributed by atoms with van der Waals surface area (Å²) in [5.41, 5.74) is 2.46. The maximum absolute atomic E-state index is 13.2. The number of hydrogen-bond donors (Lipinski definition) is 1. The second-order valence-electron chi connectivity index (χ2n) is 6.98. The van der Waals surface area contributed by atoms with Crippen LogP contribution in [0.4, 0.5) is 10.1 Å². The van der Waals surface area contributed by atoms with Crippen LogP contribution < -0.4 is 4.90 Å². The molecule has 7 heteroatoms. The lowest BCUT2D eigenvalue weighted by atomic mass is 10.0. The number of pyridine rings is 1. The van der Waals surface area contributed by atoms with Gasteiger partial charge in [-0.1, -0.05) is 12.1 Å². The first-order valence-electron chi connectivity index (χ1n) is 9.25. The number of amides is 1. The third kappa shape index (κ3) is 3.51. The van der Waals surface area contributed by atoms with Gasteiger partial charge in [-0.15, -0.1) is 0 Å². The van der Waals surface area contributed by atoms with Gasteiger partial charge < -0.3 is 14.7 Å². The van der Waals surface area contributed by atoms with Gasteiger partial charge in [0.15, 0.2) is 5.75 Å². The summed E-state index contributed by atoms with van der Waals surface area (Å²) in [5.74, 6) is -1.33. The van der Waals surface area contributed by atoms with Crippen molar-refractivity contribution in [3.63, 3.8) is 0 Å². The molecule has 148 valence electrons. The van der Waals surface area contributed by atoms with Crippen molar-refractivity contribution in [2.45, 2.75) is 19.3 Å². The average Bonchev–Trinajstić information content (AvgIpc) is 3.15. The topological polar surface area (TPSA) is 79.7 Å². The zero-order chi connectivity index (χ0) is 20.5. The second-order valence-corrected chi connectivity index (χ2v) is 6.98. The molecule has 1 aliphatic heterocycles. The van der Waals surface area contributed by atoms with E-state index >= 15 is 0 Å². The molecular weight excluding hydrogens is 375 g/mol. The summed E-state index contributed by atoms with van der Waals surface area (Å²) in [6.45, 7) is 0.529. The van der Waals surface area contributed by atoms with E-state index in [4.69, 9.17) is 4.74 Å². The number of hydrogen-bond acceptors (Lipinski definition) is 5. The van der Waals surface area contributed by atoms with Crippen LogP contribution in [0, 0.1) is 5.82 Å². The zero-order valence-corrected chi connectivity index (χ0v) is 15.8. The van der Waals surface area contributed by atoms with E-state index in [0.29, 0.717) is 30.5 Å². The standard InChI is InChI=1S/C22H19FN2O4/c1-29-22(28)17-11-18(25-8-2-3-19(25)26)16-10-14(12-24-20(16)21(17)27)9-13-4-6-15(23)7-5-13/h4-7,10-12,27H,2-3,8-9H2,1H3. The predicted molar refractivity (Wildman–Crippen MR) is 106 cm³/mol. The number of carbonyl (C=O) groups is 2. The number of aromatic hydroxyl groups is 1. The molecule has 0 unspecified atom stereocenters. The summed E-state index contributed by atoms with van der Waals surface area (Å²) >= 11 is 0. The number of fused-ring (bicyclic) bond motifs is 1. The van der Waals surface area contributed by atoms with E-state index in [2.05, 4.69) is 4.98 Å². The highest BCUT2D eigenvalue weighted by molar-refractivity contribution is 6.10. The number of ether oxygens (including phenoxy) is 1. The second kappa shape index (κ2) is 7.50. The van der Waals surface area contributed by atoms with E-state index in [9.17, 15) is 19.1 Å². The number of phenols is 1. The Kier molecular flexibility index (Phi) is 4.88. The lowest BCUT2D eigenvalue weighted by Gasteiger charge is -2.20. The number of carbonyl (C=O) groups excluding carboxylic acids is 2. The molecular formula is C22H19FN2O4. The van der Waals surface area contributed by atoms with E-state index in [1.165, 1.54) is 25.3 Å². The molecule has 0 spiro atoms. The van der Waals surface area contributed by atoms with Crippen molar-refractivity contribution in [3.8, 4) is 5.75 Å². The van der Waals surface area contributed by atoms with Gasteiger partial charge >= 0.3 is 5.97 Å². The average molecular weight is 394 g/mol. The number of phenolic OH excluding ortho intramolecular Hbond substituents is 1. The van der Waals surface area contributed by atoms with Crippen molar-refractivity contribution < 1.29 is 23.8 Å². The Morgan fingerprint density at radius 3 is 2.66 bits per heavy atom. The fourth-order valence-electron chi connectivity index (χ4n) is 3.63. The van der Waals surface area contributed by atoms with E-state index in [1.807, 2.05) is 6.07 Å². The summed E-state index contributed by atoms with van der Waals surface area (Å²) < 4.78 is 17.9. The van der Waals surface area contributed by atoms with Crippen molar-refractivity contribution in [1.29, 1.82) is 0 Å². The number of aromatic nitrogens is 1. The molecule has 0 saturated carbocycles. The van der Waals surface area contributed by atoms with Crippen molar-refractivity contribution in [3.05, 3.63) is 65.1 Å². The smallest absolute Gasteiger partial charge is 0.341 e. The molecule has 3 aromatic rings. The molecule has 2 heterocycles. The van der Waals surface area contributed by atoms with Gasteiger partial charge in [0.2, 0.25) is 5.91 Å². The Labute approximate surface area is 166 Å². The number of methoxy groups -OCH3 is 1. The highest BCUT2D eigenvalue weighted by Crippen LogP contribution is 2.38. The van der Waals surface area contributed by atoms with Crippen LogP contribution in [0.1, 0.15) is 34.3 Å². The first-order chi connectivity index (χ1) is 14.0. The Hall–Kier alpha value is -3.48. The minimum atomic E-state index is -0.700. The summed E-state index contributed by atoms with van der Waals surface area (Å²) in [5, 5.41) is 11.2. The fourth-order valence-corrected chi connectivity index (χ4v) is 3.63. The van der Waals surface area contributed by atoms with Crippen LogP contribution in [0.2, 0.25) is 0 Å². The van der Waals surface area contributed by atoms with Crippen molar-refractivity contribution in [1.82, 2.24) is 4.98 Å². The van der Waals surface area contributed by atoms with Crippen molar-refractivity contribution >= 4 is 28.5 Å². The number of esters is 1. The molecule has 0 bridgehead atoms. The molecule has 1 fully saturated rings. The van der Waals surface area contributed by atoms with Gasteiger partial charge in [-0.3, -0.25) is 9.78 Å². The minimum Gasteiger partial charge on any atom is -0.505 e. The van der Waals surface area contributed by atoms with Crippen LogP contribution in [0.5, 0.6) is 5.75 Å². The summed E-state index contributed by atoms with van der Waals surface area (Å²) in [6, 6.07) is 9.51. The van der Waals surface area contributed by atoms with Gasteiger partial charge in [-0.2, -0.15) is 0 Å². The van der Waals surface area contributed by atoms with Gasteiger partial charge in [0.1, 0.15) is 16.9 Å². The van der Waals surface area contributed by atoms with Crippen LogP contribution in [0.3, 0.4) is 0 Å². The van der Waals surface area contributed by atoms with Crippen LogP contribution in [-0.2, 0) is 16.0 Å². The lowest BCUT2D eigenvalue weighted by molar-refractivity contribution is -0.117. The molecule has 2 aromatic carbocycles. The highest BCUT2D eigenvalue weighted by Gasteiger charge is 2.27. The number of anilines is 1. The largest absolute Gasteiger partial charge is 0.505 e. The molecule has 1 aromatic heterocycles. The summed E-state index contributed by atoms with van der Waals surface area (Å²) in [4.78, 5) is 30.4. The van der Waals surface area contributed by atoms with Crippen LogP contribution >= 0.6 is 0 Å². The fraction of sp³-hybridized carbons (Fsp3) is 0.227. The van der Waals surface area contributed by atoms with E-state index in [0.717, 1.165) is 17.5 Å². The van der Waals surface area contributed by atoms with Gasteiger partial charge in [0, 0.05) is 24.5 Å². The molecule has 1 aliphatic rings. The molecule has 1 N–H and O–H groups in total. The van der Waals surface area contributed by atoms with Crippen LogP contribution in [0.25, 0.3) is 10.9 Å². The molecule has 1 saturated heterocycles. The maximum atomic E-state index is 13.2. The third-order valence-corrected chi connectivity index (χ3v) is 5.07. The summed E-state index contributed by atoms with van der Waals surface area (Å²) in [7, 11) is 1.23. The Morgan fingerprint density at radius 2 is 2.00 bits per heavy atom. The first kappa shape index (κ1) is 18.9. The van der Waals surface area contributed by atoms with Gasteiger partial charge in [-0.05, 0) is 48.2 Å². The lowest BCUT2D eigenvalue weighted by Crippen LogP contribution is -2.24. The number of nitrogens with zero attached hydrogens (tertiary/aromatic N) is 2. The molecule has 6 nitrogen and oxygen atoms in total. The van der Waals surface area contributed by atoms with E-state index < -0.39 is 5.97 Å². The van der Waals surface area contributed by atoms with Crippen molar-refractivity contribution in [2.24, 2.45) is 0 Å². The van der Waals surface area contributed by atoms with E-state index in [-0.39, 0.29) is 28.6 Å². The molecule has 29 heavy (non-hydrogen) atoms. The van der Waals surface area contributed by atoms with Crippen LogP contribution in [-0.4, -0.2) is 35.6 Å².